The predicted molar refractivity (Wildman–Crippen MR) is 112 cm³/mol. The molecule has 0 bridgehead atoms. The quantitative estimate of drug-likeness (QED) is 0.545. The van der Waals surface area contributed by atoms with Crippen LogP contribution < -0.4 is 4.74 Å². The molecule has 0 saturated heterocycles. The molecule has 3 rings (SSSR count). The minimum absolute atomic E-state index is 0.211. The van der Waals surface area contributed by atoms with Gasteiger partial charge in [0, 0.05) is 5.70 Å². The zero-order valence-corrected chi connectivity index (χ0v) is 17.2. The zero-order valence-electron chi connectivity index (χ0n) is 17.2. The van der Waals surface area contributed by atoms with Gasteiger partial charge < -0.3 is 14.4 Å². The third-order valence-electron chi connectivity index (χ3n) is 4.86. The maximum atomic E-state index is 13.2. The number of ether oxygens (including phenoxy) is 2. The monoisotopic (exact) mass is 391 g/mol. The number of esters is 1. The number of benzene rings is 2. The average molecular weight is 391 g/mol. The summed E-state index contributed by atoms with van der Waals surface area (Å²) < 4.78 is 10.4. The number of rotatable bonds is 6. The molecule has 0 spiro atoms. The van der Waals surface area contributed by atoms with Crippen LogP contribution >= 0.6 is 0 Å². The normalized spacial score (nSPS) is 15.2. The summed E-state index contributed by atoms with van der Waals surface area (Å²) in [5.41, 5.74) is 4.20. The van der Waals surface area contributed by atoms with Gasteiger partial charge in [-0.3, -0.25) is 4.79 Å². The van der Waals surface area contributed by atoms with Crippen LogP contribution in [0.5, 0.6) is 5.75 Å². The van der Waals surface area contributed by atoms with Crippen molar-refractivity contribution in [3.63, 3.8) is 0 Å². The van der Waals surface area contributed by atoms with Crippen LogP contribution in [0.25, 0.3) is 6.08 Å². The van der Waals surface area contributed by atoms with E-state index < -0.39 is 5.97 Å². The Hall–Kier alpha value is -3.34. The van der Waals surface area contributed by atoms with Crippen molar-refractivity contribution in [2.24, 2.45) is 0 Å². The Morgan fingerprint density at radius 3 is 2.28 bits per heavy atom. The molecule has 0 radical (unpaired) electrons. The Balaban J connectivity index is 1.96. The highest BCUT2D eigenvalue weighted by atomic mass is 16.5. The summed E-state index contributed by atoms with van der Waals surface area (Å²) in [5.74, 6) is 0.0325. The maximum Gasteiger partial charge on any atom is 0.340 e. The first-order valence-corrected chi connectivity index (χ1v) is 9.56. The summed E-state index contributed by atoms with van der Waals surface area (Å²) in [6.07, 6.45) is 1.73. The molecular formula is C24H25NO4. The van der Waals surface area contributed by atoms with E-state index in [4.69, 9.17) is 9.47 Å². The zero-order chi connectivity index (χ0) is 21.0. The fourth-order valence-electron chi connectivity index (χ4n) is 3.29. The van der Waals surface area contributed by atoms with Crippen LogP contribution in [0.1, 0.15) is 30.5 Å². The third-order valence-corrected chi connectivity index (χ3v) is 4.86. The van der Waals surface area contributed by atoms with Gasteiger partial charge in [0.15, 0.2) is 0 Å². The van der Waals surface area contributed by atoms with Crippen molar-refractivity contribution in [1.82, 2.24) is 4.90 Å². The fourth-order valence-corrected chi connectivity index (χ4v) is 3.29. The molecule has 1 amide bonds. The Labute approximate surface area is 171 Å². The fraction of sp³-hybridized carbons (Fsp3) is 0.250. The molecule has 0 N–H and O–H groups in total. The molecule has 1 aliphatic heterocycles. The van der Waals surface area contributed by atoms with Crippen molar-refractivity contribution < 1.29 is 19.1 Å². The first-order chi connectivity index (χ1) is 13.9. The summed E-state index contributed by atoms with van der Waals surface area (Å²) in [7, 11) is 1.32. The van der Waals surface area contributed by atoms with E-state index in [1.807, 2.05) is 62.4 Å². The van der Waals surface area contributed by atoms with E-state index in [1.165, 1.54) is 7.11 Å². The molecule has 0 saturated carbocycles. The Morgan fingerprint density at radius 2 is 1.69 bits per heavy atom. The number of hydrogen-bond acceptors (Lipinski definition) is 4. The number of carbonyl (C=O) groups excluding carboxylic acids is 2. The smallest absolute Gasteiger partial charge is 0.340 e. The molecule has 0 fully saturated rings. The van der Waals surface area contributed by atoms with E-state index in [0.717, 1.165) is 22.4 Å². The van der Waals surface area contributed by atoms with E-state index >= 15 is 0 Å². The van der Waals surface area contributed by atoms with Gasteiger partial charge in [-0.05, 0) is 50.1 Å². The average Bonchev–Trinajstić information content (AvgIpc) is 2.95. The number of hydrogen-bond donors (Lipinski definition) is 0. The van der Waals surface area contributed by atoms with Crippen molar-refractivity contribution >= 4 is 18.0 Å². The van der Waals surface area contributed by atoms with Crippen molar-refractivity contribution in [2.75, 3.05) is 13.7 Å². The van der Waals surface area contributed by atoms with Crippen LogP contribution in [0.4, 0.5) is 0 Å². The van der Waals surface area contributed by atoms with Gasteiger partial charge in [-0.15, -0.1) is 0 Å². The van der Waals surface area contributed by atoms with E-state index in [-0.39, 0.29) is 5.91 Å². The number of methoxy groups -OCH3 is 1. The lowest BCUT2D eigenvalue weighted by atomic mass is 10.0. The molecule has 2 aromatic rings. The van der Waals surface area contributed by atoms with Crippen molar-refractivity contribution in [3.8, 4) is 5.75 Å². The number of carbonyl (C=O) groups is 2. The molecule has 0 atom stereocenters. The van der Waals surface area contributed by atoms with Crippen molar-refractivity contribution in [1.29, 1.82) is 0 Å². The number of allylic oxidation sites excluding steroid dienone is 1. The van der Waals surface area contributed by atoms with Gasteiger partial charge >= 0.3 is 5.97 Å². The molecule has 1 aliphatic rings. The molecular weight excluding hydrogens is 366 g/mol. The Kier molecular flexibility index (Phi) is 6.17. The second kappa shape index (κ2) is 8.78. The summed E-state index contributed by atoms with van der Waals surface area (Å²) >= 11 is 0. The van der Waals surface area contributed by atoms with Crippen LogP contribution in [-0.4, -0.2) is 30.5 Å². The summed E-state index contributed by atoms with van der Waals surface area (Å²) in [6, 6.07) is 15.4. The first kappa shape index (κ1) is 20.4. The lowest BCUT2D eigenvalue weighted by Gasteiger charge is -2.18. The minimum atomic E-state index is -0.514. The van der Waals surface area contributed by atoms with E-state index in [2.05, 4.69) is 0 Å². The number of aryl methyl sites for hydroxylation is 1. The van der Waals surface area contributed by atoms with Crippen LogP contribution in [0, 0.1) is 6.92 Å². The molecule has 5 heteroatoms. The lowest BCUT2D eigenvalue weighted by Crippen LogP contribution is -2.24. The summed E-state index contributed by atoms with van der Waals surface area (Å²) in [6.45, 7) is 6.69. The van der Waals surface area contributed by atoms with Gasteiger partial charge in [-0.1, -0.05) is 42.0 Å². The molecule has 29 heavy (non-hydrogen) atoms. The van der Waals surface area contributed by atoms with Crippen molar-refractivity contribution in [2.45, 2.75) is 27.3 Å². The topological polar surface area (TPSA) is 55.8 Å². The minimum Gasteiger partial charge on any atom is -0.494 e. The second-order valence-electron chi connectivity index (χ2n) is 6.89. The molecule has 2 aromatic carbocycles. The van der Waals surface area contributed by atoms with Gasteiger partial charge in [0.05, 0.1) is 31.4 Å². The van der Waals surface area contributed by atoms with Crippen LogP contribution in [0.3, 0.4) is 0 Å². The summed E-state index contributed by atoms with van der Waals surface area (Å²) in [5, 5.41) is 0. The Morgan fingerprint density at radius 1 is 1.03 bits per heavy atom. The van der Waals surface area contributed by atoms with Gasteiger partial charge in [0.25, 0.3) is 5.91 Å². The third kappa shape index (κ3) is 4.40. The molecule has 0 aliphatic carbocycles. The summed E-state index contributed by atoms with van der Waals surface area (Å²) in [4.78, 5) is 27.2. The first-order valence-electron chi connectivity index (χ1n) is 9.56. The van der Waals surface area contributed by atoms with Gasteiger partial charge in [-0.25, -0.2) is 4.79 Å². The molecule has 150 valence electrons. The molecule has 1 heterocycles. The van der Waals surface area contributed by atoms with Gasteiger partial charge in [0.1, 0.15) is 5.75 Å². The van der Waals surface area contributed by atoms with E-state index in [1.54, 1.807) is 17.9 Å². The Bertz CT molecular complexity index is 969. The van der Waals surface area contributed by atoms with E-state index in [9.17, 15) is 9.59 Å². The SMILES string of the molecule is CCOc1ccc(/C=C2\C(=O)N(Cc3ccc(C)cc3)C(C)=C2C(=O)OC)cc1. The van der Waals surface area contributed by atoms with Crippen LogP contribution in [-0.2, 0) is 20.9 Å². The highest BCUT2D eigenvalue weighted by Gasteiger charge is 2.36. The maximum absolute atomic E-state index is 13.2. The highest BCUT2D eigenvalue weighted by Crippen LogP contribution is 2.33. The lowest BCUT2D eigenvalue weighted by molar-refractivity contribution is -0.136. The predicted octanol–water partition coefficient (Wildman–Crippen LogP) is 4.27. The van der Waals surface area contributed by atoms with Gasteiger partial charge in [-0.2, -0.15) is 0 Å². The molecule has 0 aromatic heterocycles. The van der Waals surface area contributed by atoms with Crippen LogP contribution in [0.15, 0.2) is 65.4 Å². The highest BCUT2D eigenvalue weighted by molar-refractivity contribution is 6.16. The molecule has 5 nitrogen and oxygen atoms in total. The van der Waals surface area contributed by atoms with Crippen molar-refractivity contribution in [3.05, 3.63) is 82.1 Å². The van der Waals surface area contributed by atoms with Crippen LogP contribution in [0.2, 0.25) is 0 Å². The van der Waals surface area contributed by atoms with Gasteiger partial charge in [0.2, 0.25) is 0 Å². The number of amides is 1. The molecule has 0 unspecified atom stereocenters. The second-order valence-corrected chi connectivity index (χ2v) is 6.89. The standard InChI is InChI=1S/C24H25NO4/c1-5-29-20-12-10-18(11-13-20)14-21-22(24(27)28-4)17(3)25(23(21)26)15-19-8-6-16(2)7-9-19/h6-14H,5,15H2,1-4H3/b21-14-. The number of nitrogens with zero attached hydrogens (tertiary/aromatic N) is 1. The largest absolute Gasteiger partial charge is 0.494 e. The van der Waals surface area contributed by atoms with E-state index in [0.29, 0.717) is 30.0 Å².